The first-order valence-corrected chi connectivity index (χ1v) is 13.4. The van der Waals surface area contributed by atoms with Crippen LogP contribution in [0.2, 0.25) is 0 Å². The first kappa shape index (κ1) is 25.4. The quantitative estimate of drug-likeness (QED) is 0.258. The summed E-state index contributed by atoms with van der Waals surface area (Å²) in [5, 5.41) is 13.9. The van der Waals surface area contributed by atoms with Gasteiger partial charge in [-0.25, -0.2) is 4.98 Å². The summed E-state index contributed by atoms with van der Waals surface area (Å²) in [5.41, 5.74) is 9.04. The van der Waals surface area contributed by atoms with Gasteiger partial charge >= 0.3 is 0 Å². The maximum Gasteiger partial charge on any atom is 0.143 e. The zero-order valence-electron chi connectivity index (χ0n) is 21.4. The van der Waals surface area contributed by atoms with E-state index in [9.17, 15) is 5.26 Å². The van der Waals surface area contributed by atoms with Crippen molar-refractivity contribution in [3.05, 3.63) is 88.9 Å². The number of thiazole rings is 1. The van der Waals surface area contributed by atoms with Crippen molar-refractivity contribution in [1.29, 1.82) is 5.26 Å². The molecule has 0 spiro atoms. The number of nitrogens with one attached hydrogen (secondary N) is 1. The molecule has 1 saturated heterocycles. The van der Waals surface area contributed by atoms with Gasteiger partial charge in [-0.15, -0.1) is 11.3 Å². The number of aromatic amines is 1. The van der Waals surface area contributed by atoms with Crippen molar-refractivity contribution in [2.24, 2.45) is 0 Å². The van der Waals surface area contributed by atoms with Crippen LogP contribution in [0.4, 0.5) is 0 Å². The van der Waals surface area contributed by atoms with Crippen molar-refractivity contribution in [1.82, 2.24) is 19.9 Å². The number of hydrogen-bond acceptors (Lipinski definition) is 5. The second-order valence-corrected chi connectivity index (χ2v) is 9.74. The summed E-state index contributed by atoms with van der Waals surface area (Å²) in [6, 6.07) is 2.47. The molecule has 1 aliphatic heterocycles. The monoisotopic (exact) mass is 495 g/mol. The van der Waals surface area contributed by atoms with Gasteiger partial charge in [-0.1, -0.05) is 45.2 Å². The van der Waals surface area contributed by atoms with Gasteiger partial charge in [0.05, 0.1) is 17.2 Å². The van der Waals surface area contributed by atoms with Crippen LogP contribution in [-0.4, -0.2) is 32.9 Å². The first-order chi connectivity index (χ1) is 17.5. The van der Waals surface area contributed by atoms with Gasteiger partial charge in [0.2, 0.25) is 0 Å². The van der Waals surface area contributed by atoms with Crippen LogP contribution in [0.25, 0.3) is 27.2 Å². The number of nitrogens with zero attached hydrogens (tertiary/aromatic N) is 4. The molecule has 1 aliphatic rings. The number of likely N-dealkylation sites (tertiary alicyclic amines) is 1. The normalized spacial score (nSPS) is 14.4. The smallest absolute Gasteiger partial charge is 0.143 e. The number of H-pyrrole nitrogens is 1. The molecular weight excluding hydrogens is 462 g/mol. The molecule has 5 nitrogen and oxygen atoms in total. The number of aryl methyl sites for hydroxylation is 1. The van der Waals surface area contributed by atoms with Crippen molar-refractivity contribution in [3.8, 4) is 16.8 Å². The van der Waals surface area contributed by atoms with Crippen LogP contribution in [0.5, 0.6) is 0 Å². The lowest BCUT2D eigenvalue weighted by atomic mass is 9.92. The van der Waals surface area contributed by atoms with E-state index in [-0.39, 0.29) is 0 Å². The third kappa shape index (κ3) is 4.84. The molecule has 0 atom stereocenters. The van der Waals surface area contributed by atoms with E-state index in [4.69, 9.17) is 4.98 Å². The predicted octanol–water partition coefficient (Wildman–Crippen LogP) is 7.60. The van der Waals surface area contributed by atoms with Crippen LogP contribution in [0, 0.1) is 11.3 Å². The number of pyridine rings is 1. The van der Waals surface area contributed by atoms with E-state index in [0.717, 1.165) is 88.4 Å². The van der Waals surface area contributed by atoms with Crippen LogP contribution in [0.3, 0.4) is 0 Å². The maximum absolute atomic E-state index is 9.89. The van der Waals surface area contributed by atoms with Gasteiger partial charge in [-0.3, -0.25) is 4.98 Å². The molecule has 3 aromatic heterocycles. The summed E-state index contributed by atoms with van der Waals surface area (Å²) < 4.78 is 0. The van der Waals surface area contributed by atoms with Gasteiger partial charge in [0.15, 0.2) is 0 Å². The Morgan fingerprint density at radius 1 is 1.25 bits per heavy atom. The molecule has 1 fully saturated rings. The minimum atomic E-state index is 0.822. The number of fused-ring (bicyclic) bond motifs is 1. The number of piperidine rings is 1. The molecule has 0 radical (unpaired) electrons. The molecule has 3 aromatic rings. The molecule has 0 saturated carbocycles. The van der Waals surface area contributed by atoms with Crippen molar-refractivity contribution in [2.75, 3.05) is 13.1 Å². The molecule has 1 N–H and O–H groups in total. The third-order valence-electron chi connectivity index (χ3n) is 6.75. The van der Waals surface area contributed by atoms with Gasteiger partial charge in [-0.2, -0.15) is 5.26 Å². The fraction of sp³-hybridized carbons (Fsp3) is 0.300. The van der Waals surface area contributed by atoms with Crippen molar-refractivity contribution < 1.29 is 0 Å². The molecular formula is C30H33N5S. The molecule has 0 aromatic carbocycles. The molecule has 0 amide bonds. The average molecular weight is 496 g/mol. The summed E-state index contributed by atoms with van der Waals surface area (Å²) in [7, 11) is 0. The standard InChI is InChI=1S/C30H33N5S/c1-6-9-23(10-7-2)25(17-31)24-11-14-35(15-12-24)21(5)20(4)26-19-34-28-27(26)22(8-3)18-33-29(28)30-32-13-16-36-30/h6,9-10,13,16,18-19,34H,4-5,7-8,11-12,14-15H2,1-3H3/b9-6-,23-10+. The van der Waals surface area contributed by atoms with E-state index in [0.29, 0.717) is 0 Å². The Labute approximate surface area is 217 Å². The average Bonchev–Trinajstić information content (AvgIpc) is 3.59. The van der Waals surface area contributed by atoms with E-state index in [2.05, 4.69) is 54.0 Å². The minimum absolute atomic E-state index is 0.822. The number of allylic oxidation sites excluding steroid dienone is 6. The highest BCUT2D eigenvalue weighted by atomic mass is 32.1. The fourth-order valence-corrected chi connectivity index (χ4v) is 5.51. The Kier molecular flexibility index (Phi) is 8.02. The molecule has 4 rings (SSSR count). The second-order valence-electron chi connectivity index (χ2n) is 8.85. The number of hydrogen-bond donors (Lipinski definition) is 1. The largest absolute Gasteiger partial charge is 0.371 e. The first-order valence-electron chi connectivity index (χ1n) is 12.5. The van der Waals surface area contributed by atoms with E-state index in [1.807, 2.05) is 43.0 Å². The van der Waals surface area contributed by atoms with Gasteiger partial charge in [0, 0.05) is 53.7 Å². The second kappa shape index (κ2) is 11.4. The van der Waals surface area contributed by atoms with Crippen LogP contribution in [0.1, 0.15) is 51.2 Å². The van der Waals surface area contributed by atoms with E-state index in [1.165, 1.54) is 11.1 Å². The van der Waals surface area contributed by atoms with Crippen molar-refractivity contribution in [2.45, 2.75) is 46.5 Å². The van der Waals surface area contributed by atoms with E-state index < -0.39 is 0 Å². The number of nitriles is 1. The van der Waals surface area contributed by atoms with Gasteiger partial charge in [0.25, 0.3) is 0 Å². The highest BCUT2D eigenvalue weighted by molar-refractivity contribution is 7.13. The summed E-state index contributed by atoms with van der Waals surface area (Å²) >= 11 is 1.59. The van der Waals surface area contributed by atoms with Crippen LogP contribution >= 0.6 is 11.3 Å². The fourth-order valence-electron chi connectivity index (χ4n) is 4.87. The van der Waals surface area contributed by atoms with Crippen molar-refractivity contribution >= 4 is 27.8 Å². The minimum Gasteiger partial charge on any atom is -0.371 e. The molecule has 6 heteroatoms. The summed E-state index contributed by atoms with van der Waals surface area (Å²) in [6.45, 7) is 16.8. The Morgan fingerprint density at radius 2 is 2.03 bits per heavy atom. The molecule has 0 bridgehead atoms. The van der Waals surface area contributed by atoms with Crippen LogP contribution in [0.15, 0.2) is 77.8 Å². The van der Waals surface area contributed by atoms with E-state index in [1.54, 1.807) is 11.3 Å². The highest BCUT2D eigenvalue weighted by Gasteiger charge is 2.23. The SMILES string of the molecule is C=C(C(=C)N1CCC(=C(C#N)C(/C=C\C)=C/CC)CC1)c1c[nH]c2c(-c3nccs3)ncc(CC)c12. The van der Waals surface area contributed by atoms with Gasteiger partial charge < -0.3 is 9.88 Å². The number of aromatic nitrogens is 3. The Bertz CT molecular complexity index is 1400. The van der Waals surface area contributed by atoms with Gasteiger partial charge in [0.1, 0.15) is 10.7 Å². The predicted molar refractivity (Wildman–Crippen MR) is 151 cm³/mol. The lowest BCUT2D eigenvalue weighted by Crippen LogP contribution is -2.30. The molecule has 36 heavy (non-hydrogen) atoms. The molecule has 4 heterocycles. The lowest BCUT2D eigenvalue weighted by molar-refractivity contribution is 0.334. The third-order valence-corrected chi connectivity index (χ3v) is 7.53. The molecule has 0 unspecified atom stereocenters. The summed E-state index contributed by atoms with van der Waals surface area (Å²) in [6.07, 6.45) is 15.4. The lowest BCUT2D eigenvalue weighted by Gasteiger charge is -2.33. The Balaban J connectivity index is 1.59. The van der Waals surface area contributed by atoms with Gasteiger partial charge in [-0.05, 0) is 54.9 Å². The Morgan fingerprint density at radius 3 is 2.64 bits per heavy atom. The zero-order valence-corrected chi connectivity index (χ0v) is 22.2. The number of rotatable bonds is 8. The van der Waals surface area contributed by atoms with Crippen LogP contribution < -0.4 is 0 Å². The maximum atomic E-state index is 9.89. The topological polar surface area (TPSA) is 68.6 Å². The van der Waals surface area contributed by atoms with E-state index >= 15 is 0 Å². The van der Waals surface area contributed by atoms with Crippen molar-refractivity contribution in [3.63, 3.8) is 0 Å². The summed E-state index contributed by atoms with van der Waals surface area (Å²) in [4.78, 5) is 14.9. The Hall–Kier alpha value is -3.69. The molecule has 184 valence electrons. The molecule has 0 aliphatic carbocycles. The highest BCUT2D eigenvalue weighted by Crippen LogP contribution is 2.37. The summed E-state index contributed by atoms with van der Waals surface area (Å²) in [5.74, 6) is 0. The van der Waals surface area contributed by atoms with Crippen LogP contribution in [-0.2, 0) is 6.42 Å². The zero-order chi connectivity index (χ0) is 25.7.